The van der Waals surface area contributed by atoms with Crippen molar-refractivity contribution in [3.8, 4) is 0 Å². The molecule has 0 radical (unpaired) electrons. The second-order valence-corrected chi connectivity index (χ2v) is 7.62. The summed E-state index contributed by atoms with van der Waals surface area (Å²) in [5.41, 5.74) is 2.96. The average Bonchev–Trinajstić information content (AvgIpc) is 2.74. The molecule has 7 nitrogen and oxygen atoms in total. The minimum Gasteiger partial charge on any atom is -0.385 e. The van der Waals surface area contributed by atoms with Crippen molar-refractivity contribution in [1.29, 1.82) is 0 Å². The van der Waals surface area contributed by atoms with Gasteiger partial charge in [-0.2, -0.15) is 0 Å². The number of methoxy groups -OCH3 is 1. The molecule has 0 aliphatic heterocycles. The Morgan fingerprint density at radius 1 is 1.20 bits per heavy atom. The van der Waals surface area contributed by atoms with Crippen LogP contribution in [0.1, 0.15) is 22.3 Å². The average molecular weight is 427 g/mol. The molecule has 0 saturated heterocycles. The number of ether oxygens (including phenoxy) is 1. The molecule has 0 saturated carbocycles. The molecule has 2 aromatic carbocycles. The molecule has 30 heavy (non-hydrogen) atoms. The Labute approximate surface area is 180 Å². The number of rotatable bonds is 8. The summed E-state index contributed by atoms with van der Waals surface area (Å²) in [7, 11) is 5.58. The lowest BCUT2D eigenvalue weighted by Gasteiger charge is -2.13. The lowest BCUT2D eigenvalue weighted by Crippen LogP contribution is -2.24. The minimum absolute atomic E-state index is 0.169. The van der Waals surface area contributed by atoms with Crippen molar-refractivity contribution < 1.29 is 9.53 Å². The fourth-order valence-electron chi connectivity index (χ4n) is 3.16. The predicted molar refractivity (Wildman–Crippen MR) is 122 cm³/mol. The van der Waals surface area contributed by atoms with Crippen LogP contribution >= 0.6 is 12.2 Å². The predicted octanol–water partition coefficient (Wildman–Crippen LogP) is 3.09. The molecule has 1 aromatic heterocycles. The van der Waals surface area contributed by atoms with Crippen LogP contribution in [-0.2, 0) is 17.8 Å². The van der Waals surface area contributed by atoms with Gasteiger partial charge in [0.2, 0.25) is 0 Å². The van der Waals surface area contributed by atoms with Crippen LogP contribution in [0.3, 0.4) is 0 Å². The van der Waals surface area contributed by atoms with Gasteiger partial charge in [-0.15, -0.1) is 0 Å². The number of anilines is 1. The third-order valence-corrected chi connectivity index (χ3v) is 5.20. The molecule has 1 amide bonds. The topological polar surface area (TPSA) is 79.4 Å². The van der Waals surface area contributed by atoms with Crippen LogP contribution in [0.5, 0.6) is 0 Å². The molecule has 0 aliphatic rings. The number of H-pyrrole nitrogens is 1. The molecule has 0 fully saturated rings. The SMILES string of the molecule is COCCCn1c(=S)[nH]c2cc(C(=O)NCc3ccc(N(C)C)cc3)ccc2c1=O. The zero-order valence-corrected chi connectivity index (χ0v) is 18.2. The molecule has 8 heteroatoms. The zero-order valence-electron chi connectivity index (χ0n) is 17.4. The number of hydrogen-bond acceptors (Lipinski definition) is 5. The number of carbonyl (C=O) groups is 1. The van der Waals surface area contributed by atoms with Gasteiger partial charge in [-0.05, 0) is 54.5 Å². The Morgan fingerprint density at radius 3 is 2.60 bits per heavy atom. The van der Waals surface area contributed by atoms with Gasteiger partial charge in [0.15, 0.2) is 4.77 Å². The van der Waals surface area contributed by atoms with Gasteiger partial charge in [-0.1, -0.05) is 12.1 Å². The van der Waals surface area contributed by atoms with Crippen molar-refractivity contribution in [1.82, 2.24) is 14.9 Å². The van der Waals surface area contributed by atoms with Crippen LogP contribution in [0.4, 0.5) is 5.69 Å². The molecular formula is C22H26N4O3S. The van der Waals surface area contributed by atoms with E-state index < -0.39 is 0 Å². The van der Waals surface area contributed by atoms with E-state index in [1.165, 1.54) is 4.57 Å². The molecule has 3 rings (SSSR count). The summed E-state index contributed by atoms with van der Waals surface area (Å²) in [4.78, 5) is 30.4. The first-order chi connectivity index (χ1) is 14.4. The van der Waals surface area contributed by atoms with E-state index in [0.29, 0.717) is 47.4 Å². The van der Waals surface area contributed by atoms with Crippen molar-refractivity contribution in [3.05, 3.63) is 68.7 Å². The Morgan fingerprint density at radius 2 is 1.93 bits per heavy atom. The summed E-state index contributed by atoms with van der Waals surface area (Å²) in [5, 5.41) is 3.41. The van der Waals surface area contributed by atoms with Crippen LogP contribution in [0, 0.1) is 4.77 Å². The van der Waals surface area contributed by atoms with Gasteiger partial charge < -0.3 is 19.9 Å². The maximum atomic E-state index is 12.7. The fourth-order valence-corrected chi connectivity index (χ4v) is 3.45. The maximum Gasteiger partial charge on any atom is 0.262 e. The van der Waals surface area contributed by atoms with Crippen molar-refractivity contribution in [2.75, 3.05) is 32.7 Å². The second kappa shape index (κ2) is 9.69. The Bertz CT molecular complexity index is 1150. The summed E-state index contributed by atoms with van der Waals surface area (Å²) < 4.78 is 6.89. The number of aromatic amines is 1. The molecular weight excluding hydrogens is 400 g/mol. The molecule has 2 N–H and O–H groups in total. The molecule has 0 bridgehead atoms. The molecule has 0 aliphatic carbocycles. The standard InChI is InChI=1S/C22H26N4O3S/c1-25(2)17-8-5-15(6-9-17)14-23-20(27)16-7-10-18-19(13-16)24-22(30)26(21(18)28)11-4-12-29-3/h5-10,13H,4,11-12,14H2,1-3H3,(H,23,27)(H,24,30). The van der Waals surface area contributed by atoms with E-state index in [0.717, 1.165) is 11.3 Å². The van der Waals surface area contributed by atoms with Crippen LogP contribution in [0.25, 0.3) is 10.9 Å². The lowest BCUT2D eigenvalue weighted by molar-refractivity contribution is 0.0951. The first-order valence-corrected chi connectivity index (χ1v) is 10.1. The monoisotopic (exact) mass is 426 g/mol. The lowest BCUT2D eigenvalue weighted by atomic mass is 10.1. The summed E-state index contributed by atoms with van der Waals surface area (Å²) in [6.45, 7) is 1.45. The highest BCUT2D eigenvalue weighted by Crippen LogP contribution is 2.13. The molecule has 158 valence electrons. The van der Waals surface area contributed by atoms with Gasteiger partial charge in [-0.25, -0.2) is 0 Å². The third kappa shape index (κ3) is 4.95. The van der Waals surface area contributed by atoms with E-state index in [1.807, 2.05) is 43.3 Å². The molecule has 1 heterocycles. The zero-order chi connectivity index (χ0) is 21.7. The van der Waals surface area contributed by atoms with Gasteiger partial charge in [0.1, 0.15) is 0 Å². The van der Waals surface area contributed by atoms with Crippen molar-refractivity contribution in [2.45, 2.75) is 19.5 Å². The number of aromatic nitrogens is 2. The quantitative estimate of drug-likeness (QED) is 0.427. The molecule has 3 aromatic rings. The number of hydrogen-bond donors (Lipinski definition) is 2. The summed E-state index contributed by atoms with van der Waals surface area (Å²) in [5.74, 6) is -0.211. The number of nitrogens with one attached hydrogen (secondary N) is 2. The van der Waals surface area contributed by atoms with E-state index in [1.54, 1.807) is 25.3 Å². The summed E-state index contributed by atoms with van der Waals surface area (Å²) in [6, 6.07) is 13.0. The fraction of sp³-hybridized carbons (Fsp3) is 0.318. The minimum atomic E-state index is -0.211. The van der Waals surface area contributed by atoms with Crippen LogP contribution < -0.4 is 15.8 Å². The Kier molecular flexibility index (Phi) is 7.02. The highest BCUT2D eigenvalue weighted by atomic mass is 32.1. The largest absolute Gasteiger partial charge is 0.385 e. The van der Waals surface area contributed by atoms with E-state index in [-0.39, 0.29) is 11.5 Å². The highest BCUT2D eigenvalue weighted by Gasteiger charge is 2.10. The highest BCUT2D eigenvalue weighted by molar-refractivity contribution is 7.71. The number of carbonyl (C=O) groups excluding carboxylic acids is 1. The maximum absolute atomic E-state index is 12.7. The van der Waals surface area contributed by atoms with E-state index in [4.69, 9.17) is 17.0 Å². The van der Waals surface area contributed by atoms with Crippen LogP contribution in [0.15, 0.2) is 47.3 Å². The smallest absolute Gasteiger partial charge is 0.262 e. The second-order valence-electron chi connectivity index (χ2n) is 7.24. The van der Waals surface area contributed by atoms with Crippen molar-refractivity contribution >= 4 is 34.7 Å². The van der Waals surface area contributed by atoms with Gasteiger partial charge in [-0.3, -0.25) is 14.2 Å². The first kappa shape index (κ1) is 21.7. The summed E-state index contributed by atoms with van der Waals surface area (Å²) in [6.07, 6.45) is 0.690. The summed E-state index contributed by atoms with van der Waals surface area (Å²) >= 11 is 5.33. The normalized spacial score (nSPS) is 10.9. The van der Waals surface area contributed by atoms with Crippen molar-refractivity contribution in [3.63, 3.8) is 0 Å². The molecule has 0 unspecified atom stereocenters. The molecule has 0 atom stereocenters. The van der Waals surface area contributed by atoms with Gasteiger partial charge in [0.05, 0.1) is 10.9 Å². The Balaban J connectivity index is 1.76. The number of fused-ring (bicyclic) bond motifs is 1. The van der Waals surface area contributed by atoms with E-state index in [2.05, 4.69) is 10.3 Å². The first-order valence-electron chi connectivity index (χ1n) is 9.71. The van der Waals surface area contributed by atoms with Crippen LogP contribution in [0.2, 0.25) is 0 Å². The van der Waals surface area contributed by atoms with Crippen molar-refractivity contribution in [2.24, 2.45) is 0 Å². The number of nitrogens with zero attached hydrogens (tertiary/aromatic N) is 2. The number of benzene rings is 2. The van der Waals surface area contributed by atoms with Gasteiger partial charge in [0.25, 0.3) is 11.5 Å². The van der Waals surface area contributed by atoms with Gasteiger partial charge >= 0.3 is 0 Å². The van der Waals surface area contributed by atoms with E-state index in [9.17, 15) is 9.59 Å². The molecule has 0 spiro atoms. The Hall–Kier alpha value is -2.97. The number of amides is 1. The van der Waals surface area contributed by atoms with Crippen LogP contribution in [-0.4, -0.2) is 43.3 Å². The van der Waals surface area contributed by atoms with Gasteiger partial charge in [0, 0.05) is 52.2 Å². The third-order valence-electron chi connectivity index (χ3n) is 4.88. The van der Waals surface area contributed by atoms with E-state index >= 15 is 0 Å².